The Labute approximate surface area is 166 Å². The van der Waals surface area contributed by atoms with Crippen molar-refractivity contribution in [2.75, 3.05) is 11.9 Å². The van der Waals surface area contributed by atoms with Crippen LogP contribution in [0.4, 0.5) is 5.82 Å². The third kappa shape index (κ3) is 5.00. The number of aryl methyl sites for hydroxylation is 1. The van der Waals surface area contributed by atoms with Gasteiger partial charge in [-0.25, -0.2) is 0 Å². The predicted octanol–water partition coefficient (Wildman–Crippen LogP) is 4.28. The van der Waals surface area contributed by atoms with Gasteiger partial charge in [0.15, 0.2) is 5.82 Å². The summed E-state index contributed by atoms with van der Waals surface area (Å²) in [5.74, 6) is 0.576. The number of aromatic nitrogens is 1. The largest absolute Gasteiger partial charge is 0.360 e. The van der Waals surface area contributed by atoms with E-state index in [1.165, 1.54) is 6.42 Å². The fraction of sp³-hybridized carbons (Fsp3) is 0.500. The highest BCUT2D eigenvalue weighted by Gasteiger charge is 2.32. The molecule has 150 valence electrons. The van der Waals surface area contributed by atoms with Crippen LogP contribution < -0.4 is 5.32 Å². The Bertz CT molecular complexity index is 781. The van der Waals surface area contributed by atoms with E-state index >= 15 is 0 Å². The SMILES string of the molecule is CCC(C(=O)N(CC(=O)Nc1cc(C)on1)C1CCCCC1)c1ccccc1. The molecule has 2 amide bonds. The smallest absolute Gasteiger partial charge is 0.245 e. The minimum atomic E-state index is -0.241. The fourth-order valence-corrected chi connectivity index (χ4v) is 3.98. The summed E-state index contributed by atoms with van der Waals surface area (Å²) in [4.78, 5) is 27.9. The zero-order chi connectivity index (χ0) is 19.9. The van der Waals surface area contributed by atoms with E-state index in [1.54, 1.807) is 17.9 Å². The molecule has 1 aromatic heterocycles. The van der Waals surface area contributed by atoms with Gasteiger partial charge in [-0.05, 0) is 31.7 Å². The van der Waals surface area contributed by atoms with Crippen molar-refractivity contribution in [3.63, 3.8) is 0 Å². The molecule has 0 radical (unpaired) electrons. The van der Waals surface area contributed by atoms with Crippen molar-refractivity contribution in [1.29, 1.82) is 0 Å². The first kappa shape index (κ1) is 20.1. The van der Waals surface area contributed by atoms with E-state index in [0.29, 0.717) is 18.0 Å². The van der Waals surface area contributed by atoms with Crippen molar-refractivity contribution in [2.45, 2.75) is 64.3 Å². The molecule has 0 bridgehead atoms. The molecule has 1 atom stereocenters. The topological polar surface area (TPSA) is 75.4 Å². The molecule has 1 heterocycles. The van der Waals surface area contributed by atoms with Gasteiger partial charge in [-0.15, -0.1) is 0 Å². The summed E-state index contributed by atoms with van der Waals surface area (Å²) in [7, 11) is 0. The van der Waals surface area contributed by atoms with Crippen molar-refractivity contribution < 1.29 is 14.1 Å². The highest BCUT2D eigenvalue weighted by molar-refractivity contribution is 5.95. The lowest BCUT2D eigenvalue weighted by molar-refractivity contribution is -0.139. The van der Waals surface area contributed by atoms with Crippen LogP contribution in [0.15, 0.2) is 40.9 Å². The van der Waals surface area contributed by atoms with Crippen LogP contribution in [-0.2, 0) is 9.59 Å². The Hall–Kier alpha value is -2.63. The van der Waals surface area contributed by atoms with Gasteiger partial charge in [0.1, 0.15) is 12.3 Å². The summed E-state index contributed by atoms with van der Waals surface area (Å²) in [5.41, 5.74) is 1.00. The van der Waals surface area contributed by atoms with Crippen molar-refractivity contribution in [2.24, 2.45) is 0 Å². The van der Waals surface area contributed by atoms with E-state index in [0.717, 1.165) is 31.2 Å². The van der Waals surface area contributed by atoms with E-state index in [-0.39, 0.29) is 30.3 Å². The van der Waals surface area contributed by atoms with E-state index in [9.17, 15) is 9.59 Å². The third-order valence-corrected chi connectivity index (χ3v) is 5.42. The minimum absolute atomic E-state index is 0.0343. The molecule has 0 saturated heterocycles. The second-order valence-electron chi connectivity index (χ2n) is 7.50. The molecule has 28 heavy (non-hydrogen) atoms. The van der Waals surface area contributed by atoms with Crippen LogP contribution in [0.5, 0.6) is 0 Å². The molecule has 1 fully saturated rings. The Morgan fingerprint density at radius 1 is 1.21 bits per heavy atom. The summed E-state index contributed by atoms with van der Waals surface area (Å²) < 4.78 is 5.00. The van der Waals surface area contributed by atoms with Crippen molar-refractivity contribution in [1.82, 2.24) is 10.1 Å². The molecule has 6 nitrogen and oxygen atoms in total. The monoisotopic (exact) mass is 383 g/mol. The predicted molar refractivity (Wildman–Crippen MR) is 108 cm³/mol. The second kappa shape index (κ2) is 9.53. The van der Waals surface area contributed by atoms with Gasteiger partial charge >= 0.3 is 0 Å². The summed E-state index contributed by atoms with van der Waals surface area (Å²) >= 11 is 0. The number of nitrogens with zero attached hydrogens (tertiary/aromatic N) is 2. The molecule has 3 rings (SSSR count). The van der Waals surface area contributed by atoms with E-state index in [1.807, 2.05) is 37.3 Å². The molecule has 1 aromatic carbocycles. The average Bonchev–Trinajstić information content (AvgIpc) is 3.12. The van der Waals surface area contributed by atoms with E-state index < -0.39 is 0 Å². The Morgan fingerprint density at radius 3 is 2.54 bits per heavy atom. The first-order chi connectivity index (χ1) is 13.6. The van der Waals surface area contributed by atoms with Crippen LogP contribution in [0, 0.1) is 6.92 Å². The zero-order valence-electron chi connectivity index (χ0n) is 16.7. The van der Waals surface area contributed by atoms with Gasteiger partial charge < -0.3 is 14.7 Å². The van der Waals surface area contributed by atoms with Crippen LogP contribution in [0.25, 0.3) is 0 Å². The molecular weight excluding hydrogens is 354 g/mol. The molecule has 1 N–H and O–H groups in total. The van der Waals surface area contributed by atoms with Gasteiger partial charge in [0, 0.05) is 12.1 Å². The van der Waals surface area contributed by atoms with Crippen LogP contribution in [0.1, 0.15) is 62.7 Å². The lowest BCUT2D eigenvalue weighted by Crippen LogP contribution is -2.47. The lowest BCUT2D eigenvalue weighted by atomic mass is 9.90. The maximum atomic E-state index is 13.5. The van der Waals surface area contributed by atoms with E-state index in [2.05, 4.69) is 10.5 Å². The highest BCUT2D eigenvalue weighted by Crippen LogP contribution is 2.28. The number of benzene rings is 1. The summed E-state index contributed by atoms with van der Waals surface area (Å²) in [6.07, 6.45) is 6.00. The number of nitrogens with one attached hydrogen (secondary N) is 1. The molecule has 1 saturated carbocycles. The molecule has 1 aliphatic carbocycles. The first-order valence-electron chi connectivity index (χ1n) is 10.2. The van der Waals surface area contributed by atoms with Crippen LogP contribution >= 0.6 is 0 Å². The van der Waals surface area contributed by atoms with Gasteiger partial charge in [0.25, 0.3) is 0 Å². The van der Waals surface area contributed by atoms with E-state index in [4.69, 9.17) is 4.52 Å². The highest BCUT2D eigenvalue weighted by atomic mass is 16.5. The molecular formula is C22H29N3O3. The zero-order valence-corrected chi connectivity index (χ0v) is 16.7. The normalized spacial score (nSPS) is 15.8. The van der Waals surface area contributed by atoms with Crippen molar-refractivity contribution in [3.8, 4) is 0 Å². The molecule has 0 spiro atoms. The summed E-state index contributed by atoms with van der Waals surface area (Å²) in [6.45, 7) is 3.83. The van der Waals surface area contributed by atoms with Gasteiger partial charge in [-0.2, -0.15) is 0 Å². The summed E-state index contributed by atoms with van der Waals surface area (Å²) in [6, 6.07) is 11.6. The number of amides is 2. The van der Waals surface area contributed by atoms with Crippen molar-refractivity contribution in [3.05, 3.63) is 47.7 Å². The third-order valence-electron chi connectivity index (χ3n) is 5.42. The molecule has 1 unspecified atom stereocenters. The maximum Gasteiger partial charge on any atom is 0.245 e. The molecule has 0 aliphatic heterocycles. The standard InChI is InChI=1S/C22H29N3O3/c1-3-19(17-10-6-4-7-11-17)22(27)25(18-12-8-5-9-13-18)15-21(26)23-20-14-16(2)28-24-20/h4,6-7,10-11,14,18-19H,3,5,8-9,12-13,15H2,1-2H3,(H,23,24,26). The maximum absolute atomic E-state index is 13.5. The van der Waals surface area contributed by atoms with Gasteiger partial charge in [-0.1, -0.05) is 61.7 Å². The number of carbonyl (C=O) groups is 2. The quantitative estimate of drug-likeness (QED) is 0.774. The van der Waals surface area contributed by atoms with Gasteiger partial charge in [0.05, 0.1) is 5.92 Å². The lowest BCUT2D eigenvalue weighted by Gasteiger charge is -2.36. The van der Waals surface area contributed by atoms with Gasteiger partial charge in [0.2, 0.25) is 11.8 Å². The number of hydrogen-bond donors (Lipinski definition) is 1. The molecule has 1 aliphatic rings. The summed E-state index contributed by atoms with van der Waals surface area (Å²) in [5, 5.41) is 6.56. The van der Waals surface area contributed by atoms with Crippen LogP contribution in [0.3, 0.4) is 0 Å². The Balaban J connectivity index is 1.77. The van der Waals surface area contributed by atoms with Gasteiger partial charge in [-0.3, -0.25) is 9.59 Å². The number of rotatable bonds is 7. The molecule has 6 heteroatoms. The minimum Gasteiger partial charge on any atom is -0.360 e. The number of hydrogen-bond acceptors (Lipinski definition) is 4. The fourth-order valence-electron chi connectivity index (χ4n) is 3.98. The average molecular weight is 383 g/mol. The molecule has 2 aromatic rings. The number of anilines is 1. The Morgan fingerprint density at radius 2 is 1.93 bits per heavy atom. The number of carbonyl (C=O) groups excluding carboxylic acids is 2. The van der Waals surface area contributed by atoms with Crippen LogP contribution in [-0.4, -0.2) is 34.5 Å². The second-order valence-corrected chi connectivity index (χ2v) is 7.50. The first-order valence-corrected chi connectivity index (χ1v) is 10.2. The van der Waals surface area contributed by atoms with Crippen molar-refractivity contribution >= 4 is 17.6 Å². The van der Waals surface area contributed by atoms with Crippen LogP contribution in [0.2, 0.25) is 0 Å². The Kier molecular flexibility index (Phi) is 6.85.